The minimum absolute atomic E-state index is 0.530. The molecule has 0 saturated heterocycles. The van der Waals surface area contributed by atoms with Gasteiger partial charge in [-0.2, -0.15) is 0 Å². The monoisotopic (exact) mass is 185 g/mol. The van der Waals surface area contributed by atoms with Gasteiger partial charge in [0.1, 0.15) is 0 Å². The Balaban J connectivity index is 3.79. The molecule has 0 heterocycles. The van der Waals surface area contributed by atoms with E-state index in [1.807, 2.05) is 0 Å². The molecule has 0 fully saturated rings. The zero-order chi connectivity index (χ0) is 10.3. The first-order valence-corrected chi connectivity index (χ1v) is 5.76. The third-order valence-corrected chi connectivity index (χ3v) is 3.25. The molecule has 0 aliphatic rings. The summed E-state index contributed by atoms with van der Waals surface area (Å²) in [6.07, 6.45) is 5.22. The molecule has 0 aromatic rings. The molecule has 1 heteroatoms. The van der Waals surface area contributed by atoms with Crippen LogP contribution in [0.2, 0.25) is 0 Å². The Bertz CT molecular complexity index is 116. The maximum atomic E-state index is 2.48. The molecule has 0 N–H and O–H groups in total. The van der Waals surface area contributed by atoms with Gasteiger partial charge in [-0.1, -0.05) is 34.1 Å². The van der Waals surface area contributed by atoms with Crippen LogP contribution in [-0.4, -0.2) is 25.0 Å². The summed E-state index contributed by atoms with van der Waals surface area (Å²) >= 11 is 0. The number of rotatable bonds is 7. The summed E-state index contributed by atoms with van der Waals surface area (Å²) in [5, 5.41) is 0. The summed E-state index contributed by atoms with van der Waals surface area (Å²) in [7, 11) is 2.25. The van der Waals surface area contributed by atoms with Crippen LogP contribution in [0.4, 0.5) is 0 Å². The summed E-state index contributed by atoms with van der Waals surface area (Å²) in [5.74, 6) is 0. The van der Waals surface area contributed by atoms with E-state index in [9.17, 15) is 0 Å². The van der Waals surface area contributed by atoms with Crippen LogP contribution in [0.15, 0.2) is 0 Å². The zero-order valence-corrected chi connectivity index (χ0v) is 10.2. The molecule has 0 aliphatic heterocycles. The normalized spacial score (nSPS) is 12.5. The maximum Gasteiger partial charge on any atom is 0.00321 e. The molecule has 0 saturated carbocycles. The lowest BCUT2D eigenvalue weighted by atomic mass is 9.84. The molecular weight excluding hydrogens is 158 g/mol. The molecule has 0 aromatic carbocycles. The average Bonchev–Trinajstić information content (AvgIpc) is 2.14. The van der Waals surface area contributed by atoms with E-state index in [1.54, 1.807) is 0 Å². The number of hydrogen-bond donors (Lipinski definition) is 0. The van der Waals surface area contributed by atoms with Gasteiger partial charge < -0.3 is 4.90 Å². The van der Waals surface area contributed by atoms with E-state index in [1.165, 1.54) is 38.8 Å². The van der Waals surface area contributed by atoms with Gasteiger partial charge in [-0.15, -0.1) is 0 Å². The van der Waals surface area contributed by atoms with Crippen LogP contribution in [0.3, 0.4) is 0 Å². The predicted molar refractivity (Wildman–Crippen MR) is 61.1 cm³/mol. The Labute approximate surface area is 84.5 Å². The van der Waals surface area contributed by atoms with E-state index in [4.69, 9.17) is 0 Å². The van der Waals surface area contributed by atoms with E-state index in [2.05, 4.69) is 39.6 Å². The van der Waals surface area contributed by atoms with E-state index < -0.39 is 0 Å². The molecule has 0 aliphatic carbocycles. The van der Waals surface area contributed by atoms with Crippen LogP contribution >= 0.6 is 0 Å². The largest absolute Gasteiger partial charge is 0.306 e. The Morgan fingerprint density at radius 3 is 2.00 bits per heavy atom. The minimum atomic E-state index is 0.530. The van der Waals surface area contributed by atoms with Gasteiger partial charge >= 0.3 is 0 Å². The molecule has 0 rings (SSSR count). The molecule has 0 amide bonds. The Hall–Kier alpha value is -0.0400. The highest BCUT2D eigenvalue weighted by Crippen LogP contribution is 2.25. The molecule has 0 unspecified atom stereocenters. The molecule has 80 valence electrons. The zero-order valence-electron chi connectivity index (χ0n) is 10.2. The van der Waals surface area contributed by atoms with E-state index >= 15 is 0 Å². The van der Waals surface area contributed by atoms with Crippen molar-refractivity contribution in [2.45, 2.75) is 53.4 Å². The minimum Gasteiger partial charge on any atom is -0.306 e. The SMILES string of the molecule is CCCCN(C)CC(C)(CC)CC. The van der Waals surface area contributed by atoms with Gasteiger partial charge in [0.15, 0.2) is 0 Å². The highest BCUT2D eigenvalue weighted by molar-refractivity contribution is 4.74. The van der Waals surface area contributed by atoms with Crippen molar-refractivity contribution in [2.75, 3.05) is 20.1 Å². The highest BCUT2D eigenvalue weighted by atomic mass is 15.1. The fourth-order valence-electron chi connectivity index (χ4n) is 1.63. The summed E-state index contributed by atoms with van der Waals surface area (Å²) in [6, 6.07) is 0. The van der Waals surface area contributed by atoms with Crippen LogP contribution in [0.5, 0.6) is 0 Å². The Kier molecular flexibility index (Phi) is 6.40. The second-order valence-corrected chi connectivity index (χ2v) is 4.61. The van der Waals surface area contributed by atoms with E-state index in [0.29, 0.717) is 5.41 Å². The summed E-state index contributed by atoms with van der Waals surface area (Å²) < 4.78 is 0. The molecule has 1 nitrogen and oxygen atoms in total. The second-order valence-electron chi connectivity index (χ2n) is 4.61. The van der Waals surface area contributed by atoms with Crippen molar-refractivity contribution in [1.82, 2.24) is 4.90 Å². The van der Waals surface area contributed by atoms with Crippen molar-refractivity contribution in [2.24, 2.45) is 5.41 Å². The van der Waals surface area contributed by atoms with Crippen LogP contribution in [0.1, 0.15) is 53.4 Å². The van der Waals surface area contributed by atoms with Crippen LogP contribution in [0, 0.1) is 5.41 Å². The third kappa shape index (κ3) is 5.30. The predicted octanol–water partition coefficient (Wildman–Crippen LogP) is 3.54. The van der Waals surface area contributed by atoms with Gasteiger partial charge in [-0.25, -0.2) is 0 Å². The number of hydrogen-bond acceptors (Lipinski definition) is 1. The fraction of sp³-hybridized carbons (Fsp3) is 1.00. The van der Waals surface area contributed by atoms with Crippen LogP contribution < -0.4 is 0 Å². The first kappa shape index (κ1) is 13.0. The number of unbranched alkanes of at least 4 members (excludes halogenated alkanes) is 1. The van der Waals surface area contributed by atoms with E-state index in [-0.39, 0.29) is 0 Å². The lowest BCUT2D eigenvalue weighted by Crippen LogP contribution is -2.33. The molecule has 13 heavy (non-hydrogen) atoms. The smallest absolute Gasteiger partial charge is 0.00321 e. The highest BCUT2D eigenvalue weighted by Gasteiger charge is 2.20. The lowest BCUT2D eigenvalue weighted by Gasteiger charge is -2.32. The lowest BCUT2D eigenvalue weighted by molar-refractivity contribution is 0.178. The third-order valence-electron chi connectivity index (χ3n) is 3.25. The first-order valence-electron chi connectivity index (χ1n) is 5.76. The van der Waals surface area contributed by atoms with Crippen molar-refractivity contribution in [3.63, 3.8) is 0 Å². The van der Waals surface area contributed by atoms with Gasteiger partial charge in [0, 0.05) is 6.54 Å². The number of nitrogens with zero attached hydrogens (tertiary/aromatic N) is 1. The molecule has 0 atom stereocenters. The molecule has 0 radical (unpaired) electrons. The summed E-state index contributed by atoms with van der Waals surface area (Å²) in [4.78, 5) is 2.48. The Morgan fingerprint density at radius 1 is 1.08 bits per heavy atom. The van der Waals surface area contributed by atoms with Gasteiger partial charge in [0.05, 0.1) is 0 Å². The Morgan fingerprint density at radius 2 is 1.62 bits per heavy atom. The van der Waals surface area contributed by atoms with Crippen molar-refractivity contribution in [3.05, 3.63) is 0 Å². The van der Waals surface area contributed by atoms with E-state index in [0.717, 1.165) is 0 Å². The van der Waals surface area contributed by atoms with Crippen LogP contribution in [0.25, 0.3) is 0 Å². The van der Waals surface area contributed by atoms with Crippen molar-refractivity contribution >= 4 is 0 Å². The van der Waals surface area contributed by atoms with Crippen molar-refractivity contribution in [3.8, 4) is 0 Å². The van der Waals surface area contributed by atoms with Gasteiger partial charge in [-0.05, 0) is 38.3 Å². The average molecular weight is 185 g/mol. The molecular formula is C12H27N. The molecule has 0 spiro atoms. The maximum absolute atomic E-state index is 2.48. The van der Waals surface area contributed by atoms with Gasteiger partial charge in [0.25, 0.3) is 0 Å². The molecule has 0 aromatic heterocycles. The van der Waals surface area contributed by atoms with Gasteiger partial charge in [-0.3, -0.25) is 0 Å². The first-order chi connectivity index (χ1) is 6.08. The topological polar surface area (TPSA) is 3.24 Å². The second kappa shape index (κ2) is 6.42. The van der Waals surface area contributed by atoms with Gasteiger partial charge in [0.2, 0.25) is 0 Å². The fourth-order valence-corrected chi connectivity index (χ4v) is 1.63. The van der Waals surface area contributed by atoms with Crippen molar-refractivity contribution in [1.29, 1.82) is 0 Å². The summed E-state index contributed by atoms with van der Waals surface area (Å²) in [6.45, 7) is 11.8. The quantitative estimate of drug-likeness (QED) is 0.586. The molecule has 0 bridgehead atoms. The van der Waals surface area contributed by atoms with Crippen molar-refractivity contribution < 1.29 is 0 Å². The van der Waals surface area contributed by atoms with Crippen LogP contribution in [-0.2, 0) is 0 Å². The summed E-state index contributed by atoms with van der Waals surface area (Å²) in [5.41, 5.74) is 0.530. The standard InChI is InChI=1S/C12H27N/c1-6-9-10-13(5)11-12(4,7-2)8-3/h6-11H2,1-5H3.